The van der Waals surface area contributed by atoms with Crippen molar-refractivity contribution in [2.45, 2.75) is 33.2 Å². The number of primary amides is 1. The first-order valence-electron chi connectivity index (χ1n) is 8.32. The summed E-state index contributed by atoms with van der Waals surface area (Å²) >= 11 is 0. The van der Waals surface area contributed by atoms with Gasteiger partial charge in [0.2, 0.25) is 11.9 Å². The van der Waals surface area contributed by atoms with Crippen molar-refractivity contribution in [2.75, 3.05) is 0 Å². The molecule has 10 nitrogen and oxygen atoms in total. The molecule has 26 heavy (non-hydrogen) atoms. The zero-order valence-electron chi connectivity index (χ0n) is 15.2. The standard InChI is InChI=1S/C16H21N7O3/c1-5-9-7-10(6-2)23(19-9)15-18-13-12(20(15)3)14(25)22(8-11(17)24)16(26)21(13)4/h7H,5-6,8H2,1-4H3,(H2,17,24). The maximum absolute atomic E-state index is 12.8. The SMILES string of the molecule is CCc1cc(CC)n(-c2nc3c(c(=O)n(CC(N)=O)c(=O)n3C)n2C)n1. The minimum atomic E-state index is -0.765. The summed E-state index contributed by atoms with van der Waals surface area (Å²) in [6, 6.07) is 1.99. The molecular formula is C16H21N7O3. The van der Waals surface area contributed by atoms with Gasteiger partial charge in [0.1, 0.15) is 6.54 Å². The first-order valence-corrected chi connectivity index (χ1v) is 8.32. The van der Waals surface area contributed by atoms with Gasteiger partial charge in [0.15, 0.2) is 11.2 Å². The summed E-state index contributed by atoms with van der Waals surface area (Å²) in [4.78, 5) is 40.9. The van der Waals surface area contributed by atoms with Gasteiger partial charge >= 0.3 is 5.69 Å². The molecule has 0 spiro atoms. The van der Waals surface area contributed by atoms with E-state index < -0.39 is 23.7 Å². The summed E-state index contributed by atoms with van der Waals surface area (Å²) in [6.45, 7) is 3.53. The van der Waals surface area contributed by atoms with Crippen LogP contribution in [0.5, 0.6) is 0 Å². The highest BCUT2D eigenvalue weighted by Crippen LogP contribution is 2.16. The van der Waals surface area contributed by atoms with E-state index in [0.29, 0.717) is 5.95 Å². The van der Waals surface area contributed by atoms with Gasteiger partial charge in [-0.2, -0.15) is 10.1 Å². The molecule has 0 aliphatic rings. The molecule has 0 aliphatic heterocycles. The van der Waals surface area contributed by atoms with Crippen LogP contribution in [0.4, 0.5) is 0 Å². The molecule has 3 heterocycles. The Morgan fingerprint density at radius 2 is 1.85 bits per heavy atom. The second-order valence-electron chi connectivity index (χ2n) is 6.09. The Morgan fingerprint density at radius 3 is 2.42 bits per heavy atom. The molecule has 0 atom stereocenters. The van der Waals surface area contributed by atoms with Crippen LogP contribution in [0.25, 0.3) is 17.1 Å². The Balaban J connectivity index is 2.37. The van der Waals surface area contributed by atoms with Crippen molar-refractivity contribution in [3.63, 3.8) is 0 Å². The highest BCUT2D eigenvalue weighted by atomic mass is 16.2. The van der Waals surface area contributed by atoms with E-state index in [4.69, 9.17) is 5.73 Å². The normalized spacial score (nSPS) is 11.4. The summed E-state index contributed by atoms with van der Waals surface area (Å²) in [6.07, 6.45) is 1.51. The number of aryl methyl sites for hydroxylation is 4. The van der Waals surface area contributed by atoms with Crippen molar-refractivity contribution in [3.8, 4) is 5.95 Å². The molecule has 2 N–H and O–H groups in total. The lowest BCUT2D eigenvalue weighted by atomic mass is 10.3. The highest BCUT2D eigenvalue weighted by Gasteiger charge is 2.21. The van der Waals surface area contributed by atoms with Gasteiger partial charge in [-0.1, -0.05) is 13.8 Å². The monoisotopic (exact) mass is 359 g/mol. The van der Waals surface area contributed by atoms with E-state index >= 15 is 0 Å². The molecular weight excluding hydrogens is 338 g/mol. The molecule has 0 fully saturated rings. The molecule has 3 aromatic rings. The molecule has 0 unspecified atom stereocenters. The van der Waals surface area contributed by atoms with E-state index in [1.807, 2.05) is 19.9 Å². The lowest BCUT2D eigenvalue weighted by Gasteiger charge is -2.07. The van der Waals surface area contributed by atoms with Crippen molar-refractivity contribution < 1.29 is 4.79 Å². The number of aromatic nitrogens is 6. The Morgan fingerprint density at radius 1 is 1.15 bits per heavy atom. The Kier molecular flexibility index (Phi) is 4.26. The number of hydrogen-bond acceptors (Lipinski definition) is 5. The first-order chi connectivity index (χ1) is 12.3. The van der Waals surface area contributed by atoms with Gasteiger partial charge in [-0.25, -0.2) is 14.0 Å². The van der Waals surface area contributed by atoms with E-state index in [0.717, 1.165) is 28.8 Å². The molecule has 0 aromatic carbocycles. The van der Waals surface area contributed by atoms with Gasteiger partial charge in [0, 0.05) is 19.8 Å². The van der Waals surface area contributed by atoms with Gasteiger partial charge in [0.25, 0.3) is 5.56 Å². The topological polar surface area (TPSA) is 123 Å². The molecule has 3 rings (SSSR count). The fourth-order valence-corrected chi connectivity index (χ4v) is 2.99. The quantitative estimate of drug-likeness (QED) is 0.641. The zero-order valence-corrected chi connectivity index (χ0v) is 15.2. The van der Waals surface area contributed by atoms with E-state index in [-0.39, 0.29) is 11.2 Å². The number of carbonyl (C=O) groups is 1. The van der Waals surface area contributed by atoms with Crippen LogP contribution in [0.15, 0.2) is 15.7 Å². The lowest BCUT2D eigenvalue weighted by molar-refractivity contribution is -0.118. The van der Waals surface area contributed by atoms with E-state index in [1.165, 1.54) is 11.6 Å². The smallest absolute Gasteiger partial charge is 0.332 e. The zero-order chi connectivity index (χ0) is 19.2. The van der Waals surface area contributed by atoms with Gasteiger partial charge < -0.3 is 10.3 Å². The average Bonchev–Trinajstić information content (AvgIpc) is 3.17. The van der Waals surface area contributed by atoms with E-state index in [9.17, 15) is 14.4 Å². The van der Waals surface area contributed by atoms with Crippen LogP contribution in [0.1, 0.15) is 25.2 Å². The second kappa shape index (κ2) is 6.28. The predicted octanol–water partition coefficient (Wildman–Crippen LogP) is -0.770. The number of imidazole rings is 1. The van der Waals surface area contributed by atoms with Gasteiger partial charge in [-0.05, 0) is 18.9 Å². The molecule has 0 saturated carbocycles. The number of nitrogens with two attached hydrogens (primary N) is 1. The van der Waals surface area contributed by atoms with Crippen LogP contribution in [0, 0.1) is 0 Å². The molecule has 0 radical (unpaired) electrons. The maximum Gasteiger partial charge on any atom is 0.332 e. The molecule has 0 aliphatic carbocycles. The van der Waals surface area contributed by atoms with Crippen molar-refractivity contribution in [1.29, 1.82) is 0 Å². The fourth-order valence-electron chi connectivity index (χ4n) is 2.99. The number of amides is 1. The van der Waals surface area contributed by atoms with Crippen molar-refractivity contribution >= 4 is 17.1 Å². The summed E-state index contributed by atoms with van der Waals surface area (Å²) in [5.41, 5.74) is 6.21. The molecule has 3 aromatic heterocycles. The maximum atomic E-state index is 12.8. The van der Waals surface area contributed by atoms with Crippen molar-refractivity contribution in [3.05, 3.63) is 38.3 Å². The third kappa shape index (κ3) is 2.54. The van der Waals surface area contributed by atoms with Gasteiger partial charge in [0.05, 0.1) is 5.69 Å². The second-order valence-corrected chi connectivity index (χ2v) is 6.09. The van der Waals surface area contributed by atoms with Gasteiger partial charge in [-0.3, -0.25) is 14.2 Å². The van der Waals surface area contributed by atoms with Crippen LogP contribution in [-0.4, -0.2) is 34.4 Å². The van der Waals surface area contributed by atoms with Crippen LogP contribution in [-0.2, 0) is 38.3 Å². The highest BCUT2D eigenvalue weighted by molar-refractivity contribution is 5.75. The molecule has 10 heteroatoms. The van der Waals surface area contributed by atoms with Crippen LogP contribution in [0.3, 0.4) is 0 Å². The third-order valence-corrected chi connectivity index (χ3v) is 4.40. The minimum absolute atomic E-state index is 0.207. The minimum Gasteiger partial charge on any atom is -0.368 e. The van der Waals surface area contributed by atoms with Crippen molar-refractivity contribution in [2.24, 2.45) is 19.8 Å². The Bertz CT molecular complexity index is 1130. The molecule has 1 amide bonds. The first kappa shape index (κ1) is 17.6. The number of carbonyl (C=O) groups excluding carboxylic acids is 1. The average molecular weight is 359 g/mol. The number of fused-ring (bicyclic) bond motifs is 1. The summed E-state index contributed by atoms with van der Waals surface area (Å²) in [5, 5.41) is 4.54. The third-order valence-electron chi connectivity index (χ3n) is 4.40. The predicted molar refractivity (Wildman–Crippen MR) is 95.3 cm³/mol. The number of rotatable bonds is 5. The van der Waals surface area contributed by atoms with Crippen LogP contribution >= 0.6 is 0 Å². The summed E-state index contributed by atoms with van der Waals surface area (Å²) in [7, 11) is 3.18. The number of nitrogens with zero attached hydrogens (tertiary/aromatic N) is 6. The molecule has 0 bridgehead atoms. The number of hydrogen-bond donors (Lipinski definition) is 1. The largest absolute Gasteiger partial charge is 0.368 e. The molecule has 138 valence electrons. The molecule has 0 saturated heterocycles. The fraction of sp³-hybridized carbons (Fsp3) is 0.438. The summed E-state index contributed by atoms with van der Waals surface area (Å²) < 4.78 is 5.32. The van der Waals surface area contributed by atoms with Gasteiger partial charge in [-0.15, -0.1) is 0 Å². The summed E-state index contributed by atoms with van der Waals surface area (Å²) in [5.74, 6) is -0.334. The van der Waals surface area contributed by atoms with Crippen LogP contribution in [0.2, 0.25) is 0 Å². The van der Waals surface area contributed by atoms with Crippen LogP contribution < -0.4 is 17.0 Å². The Labute approximate surface area is 148 Å². The van der Waals surface area contributed by atoms with E-state index in [1.54, 1.807) is 16.3 Å². The van der Waals surface area contributed by atoms with Crippen molar-refractivity contribution in [1.82, 2.24) is 28.5 Å². The van der Waals surface area contributed by atoms with E-state index in [2.05, 4.69) is 10.1 Å². The Hall–Kier alpha value is -3.17. The lowest BCUT2D eigenvalue weighted by Crippen LogP contribution is -2.42.